The summed E-state index contributed by atoms with van der Waals surface area (Å²) in [4.78, 5) is 24.3. The van der Waals surface area contributed by atoms with Gasteiger partial charge < -0.3 is 15.7 Å². The molecule has 3 N–H and O–H groups in total. The van der Waals surface area contributed by atoms with Gasteiger partial charge in [0.05, 0.1) is 5.75 Å². The van der Waals surface area contributed by atoms with Crippen LogP contribution in [0.4, 0.5) is 0 Å². The maximum atomic E-state index is 11.8. The summed E-state index contributed by atoms with van der Waals surface area (Å²) in [5, 5.41) is 8.85. The van der Waals surface area contributed by atoms with Crippen molar-refractivity contribution in [3.63, 3.8) is 0 Å². The Bertz CT molecular complexity index is 278. The Labute approximate surface area is 107 Å². The normalized spacial score (nSPS) is 13.2. The van der Waals surface area contributed by atoms with Crippen LogP contribution in [-0.2, 0) is 9.59 Å². The molecule has 0 radical (unpaired) electrons. The number of nitrogens with two attached hydrogens (primary N) is 1. The number of carbonyl (C=O) groups is 2. The van der Waals surface area contributed by atoms with E-state index in [-0.39, 0.29) is 11.7 Å². The molecule has 0 saturated carbocycles. The van der Waals surface area contributed by atoms with Gasteiger partial charge >= 0.3 is 5.97 Å². The first kappa shape index (κ1) is 16.2. The minimum atomic E-state index is -1.04. The number of nitrogens with zero attached hydrogens (tertiary/aromatic N) is 1. The molecular weight excluding hydrogens is 240 g/mol. The van der Waals surface area contributed by atoms with Crippen molar-refractivity contribution in [1.29, 1.82) is 0 Å². The second-order valence-corrected chi connectivity index (χ2v) is 5.90. The third kappa shape index (κ3) is 4.95. The molecule has 0 aliphatic rings. The number of carboxylic acid groups (broad SMARTS) is 1. The molecule has 0 fully saturated rings. The van der Waals surface area contributed by atoms with Crippen molar-refractivity contribution in [2.24, 2.45) is 5.73 Å². The van der Waals surface area contributed by atoms with Crippen LogP contribution in [0.5, 0.6) is 0 Å². The van der Waals surface area contributed by atoms with E-state index < -0.39 is 16.8 Å². The molecular formula is C11H22N2O3S. The van der Waals surface area contributed by atoms with Crippen molar-refractivity contribution in [3.05, 3.63) is 0 Å². The Morgan fingerprint density at radius 2 is 1.82 bits per heavy atom. The highest BCUT2D eigenvalue weighted by molar-refractivity contribution is 8.01. The van der Waals surface area contributed by atoms with E-state index in [0.717, 1.165) is 0 Å². The van der Waals surface area contributed by atoms with Crippen molar-refractivity contribution in [2.75, 3.05) is 18.8 Å². The number of carbonyl (C=O) groups excluding carboxylic acids is 1. The SMILES string of the molecule is CCN(CC)C(=O)CSC(C)(C)[C@@H](N)C(=O)O. The van der Waals surface area contributed by atoms with Gasteiger partial charge in [0.15, 0.2) is 0 Å². The van der Waals surface area contributed by atoms with Crippen LogP contribution in [0.3, 0.4) is 0 Å². The molecule has 0 saturated heterocycles. The van der Waals surface area contributed by atoms with E-state index in [4.69, 9.17) is 10.8 Å². The van der Waals surface area contributed by atoms with Crippen LogP contribution in [0, 0.1) is 0 Å². The lowest BCUT2D eigenvalue weighted by Gasteiger charge is -2.29. The number of hydrogen-bond acceptors (Lipinski definition) is 4. The Kier molecular flexibility index (Phi) is 6.56. The first-order valence-corrected chi connectivity index (χ1v) is 6.64. The highest BCUT2D eigenvalue weighted by Gasteiger charge is 2.33. The zero-order valence-corrected chi connectivity index (χ0v) is 11.7. The first-order chi connectivity index (χ1) is 7.76. The largest absolute Gasteiger partial charge is 0.480 e. The molecule has 0 aliphatic heterocycles. The number of aliphatic carboxylic acids is 1. The van der Waals surface area contributed by atoms with Crippen LogP contribution in [0.25, 0.3) is 0 Å². The first-order valence-electron chi connectivity index (χ1n) is 5.66. The molecule has 0 aromatic carbocycles. The molecule has 100 valence electrons. The molecule has 0 aromatic rings. The third-order valence-electron chi connectivity index (χ3n) is 2.70. The molecule has 6 heteroatoms. The lowest BCUT2D eigenvalue weighted by Crippen LogP contribution is -2.47. The van der Waals surface area contributed by atoms with Gasteiger partial charge in [-0.25, -0.2) is 0 Å². The van der Waals surface area contributed by atoms with Crippen LogP contribution < -0.4 is 5.73 Å². The van der Waals surface area contributed by atoms with Crippen molar-refractivity contribution < 1.29 is 14.7 Å². The fourth-order valence-corrected chi connectivity index (χ4v) is 2.26. The fraction of sp³-hybridized carbons (Fsp3) is 0.818. The molecule has 0 unspecified atom stereocenters. The van der Waals surface area contributed by atoms with Crippen LogP contribution in [0.1, 0.15) is 27.7 Å². The zero-order valence-electron chi connectivity index (χ0n) is 10.9. The Morgan fingerprint density at radius 3 is 2.18 bits per heavy atom. The summed E-state index contributed by atoms with van der Waals surface area (Å²) in [5.41, 5.74) is 5.58. The maximum Gasteiger partial charge on any atom is 0.321 e. The molecule has 5 nitrogen and oxygen atoms in total. The Morgan fingerprint density at radius 1 is 1.35 bits per heavy atom. The Hall–Kier alpha value is -0.750. The lowest BCUT2D eigenvalue weighted by atomic mass is 10.1. The van der Waals surface area contributed by atoms with Crippen molar-refractivity contribution in [3.8, 4) is 0 Å². The maximum absolute atomic E-state index is 11.8. The van der Waals surface area contributed by atoms with E-state index in [9.17, 15) is 9.59 Å². The van der Waals surface area contributed by atoms with Crippen LogP contribution in [-0.4, -0.2) is 51.5 Å². The van der Waals surface area contributed by atoms with Gasteiger partial charge in [-0.1, -0.05) is 0 Å². The van der Waals surface area contributed by atoms with E-state index in [0.29, 0.717) is 13.1 Å². The summed E-state index contributed by atoms with van der Waals surface area (Å²) in [5.74, 6) is -0.765. The smallest absolute Gasteiger partial charge is 0.321 e. The zero-order chi connectivity index (χ0) is 13.6. The molecule has 17 heavy (non-hydrogen) atoms. The second kappa shape index (κ2) is 6.86. The van der Waals surface area contributed by atoms with E-state index in [1.165, 1.54) is 11.8 Å². The van der Waals surface area contributed by atoms with Crippen LogP contribution in [0.15, 0.2) is 0 Å². The fourth-order valence-electron chi connectivity index (χ4n) is 1.30. The molecule has 0 bridgehead atoms. The van der Waals surface area contributed by atoms with Gasteiger partial charge in [0.25, 0.3) is 0 Å². The summed E-state index contributed by atoms with van der Waals surface area (Å²) < 4.78 is -0.658. The van der Waals surface area contributed by atoms with Gasteiger partial charge in [-0.2, -0.15) is 0 Å². The van der Waals surface area contributed by atoms with E-state index >= 15 is 0 Å². The topological polar surface area (TPSA) is 83.6 Å². The standard InChI is InChI=1S/C11H22N2O3S/c1-5-13(6-2)8(14)7-17-11(3,4)9(12)10(15)16/h9H,5-7,12H2,1-4H3,(H,15,16)/t9-/m0/s1. The van der Waals surface area contributed by atoms with E-state index in [1.54, 1.807) is 18.7 Å². The lowest BCUT2D eigenvalue weighted by molar-refractivity contribution is -0.139. The minimum Gasteiger partial charge on any atom is -0.480 e. The summed E-state index contributed by atoms with van der Waals surface area (Å²) in [6.07, 6.45) is 0. The quantitative estimate of drug-likeness (QED) is 0.708. The van der Waals surface area contributed by atoms with Crippen molar-refractivity contribution in [1.82, 2.24) is 4.90 Å². The highest BCUT2D eigenvalue weighted by atomic mass is 32.2. The number of amides is 1. The van der Waals surface area contributed by atoms with E-state index in [1.807, 2.05) is 13.8 Å². The van der Waals surface area contributed by atoms with Gasteiger partial charge in [-0.15, -0.1) is 11.8 Å². The molecule has 0 spiro atoms. The summed E-state index contributed by atoms with van der Waals surface area (Å²) in [6, 6.07) is -0.975. The molecule has 1 atom stereocenters. The second-order valence-electron chi connectivity index (χ2n) is 4.27. The van der Waals surface area contributed by atoms with Gasteiger partial charge in [0.1, 0.15) is 6.04 Å². The molecule has 0 heterocycles. The molecule has 0 aliphatic carbocycles. The summed E-state index contributed by atoms with van der Waals surface area (Å²) in [6.45, 7) is 8.65. The van der Waals surface area contributed by atoms with Gasteiger partial charge in [-0.05, 0) is 27.7 Å². The molecule has 1 amide bonds. The number of thioether (sulfide) groups is 1. The minimum absolute atomic E-state index is 0.0191. The average molecular weight is 262 g/mol. The monoisotopic (exact) mass is 262 g/mol. The van der Waals surface area contributed by atoms with Crippen LogP contribution >= 0.6 is 11.8 Å². The van der Waals surface area contributed by atoms with E-state index in [2.05, 4.69) is 0 Å². The van der Waals surface area contributed by atoms with Crippen molar-refractivity contribution >= 4 is 23.6 Å². The predicted octanol–water partition coefficient (Wildman–Crippen LogP) is 0.778. The molecule has 0 aromatic heterocycles. The summed E-state index contributed by atoms with van der Waals surface area (Å²) in [7, 11) is 0. The number of rotatable bonds is 7. The third-order valence-corrected chi connectivity index (χ3v) is 4.09. The number of carboxylic acids is 1. The van der Waals surface area contributed by atoms with Gasteiger partial charge in [0.2, 0.25) is 5.91 Å². The van der Waals surface area contributed by atoms with Gasteiger partial charge in [-0.3, -0.25) is 9.59 Å². The van der Waals surface area contributed by atoms with Crippen molar-refractivity contribution in [2.45, 2.75) is 38.5 Å². The average Bonchev–Trinajstić information content (AvgIpc) is 2.27. The molecule has 0 rings (SSSR count). The van der Waals surface area contributed by atoms with Crippen LogP contribution in [0.2, 0.25) is 0 Å². The highest BCUT2D eigenvalue weighted by Crippen LogP contribution is 2.27. The Balaban J connectivity index is 4.36. The number of hydrogen-bond donors (Lipinski definition) is 2. The van der Waals surface area contributed by atoms with Gasteiger partial charge in [0, 0.05) is 17.8 Å². The summed E-state index contributed by atoms with van der Waals surface area (Å²) >= 11 is 1.29. The predicted molar refractivity (Wildman–Crippen MR) is 70.1 cm³/mol.